The largest absolute Gasteiger partial charge is 0.480 e. The average Bonchev–Trinajstić information content (AvgIpc) is 2.17. The lowest BCUT2D eigenvalue weighted by molar-refractivity contribution is -0.142. The van der Waals surface area contributed by atoms with Gasteiger partial charge < -0.3 is 15.7 Å². The number of hydrogen-bond donors (Lipinski definition) is 3. The van der Waals surface area contributed by atoms with Crippen LogP contribution in [0.5, 0.6) is 0 Å². The molecule has 1 rings (SSSR count). The van der Waals surface area contributed by atoms with Crippen LogP contribution in [-0.2, 0) is 9.59 Å². The predicted octanol–water partition coefficient (Wildman–Crippen LogP) is -0.0362. The molecule has 5 nitrogen and oxygen atoms in total. The summed E-state index contributed by atoms with van der Waals surface area (Å²) in [5.41, 5.74) is 0. The number of carbonyl (C=O) groups is 2. The van der Waals surface area contributed by atoms with Crippen molar-refractivity contribution in [2.24, 2.45) is 5.92 Å². The SMILES string of the molecule is CC1CC(C(=O)NC(C)C(=O)O)CCN1. The van der Waals surface area contributed by atoms with Gasteiger partial charge in [0.15, 0.2) is 0 Å². The normalized spacial score (nSPS) is 28.1. The number of hydrogen-bond acceptors (Lipinski definition) is 3. The van der Waals surface area contributed by atoms with Crippen LogP contribution < -0.4 is 10.6 Å². The number of piperidine rings is 1. The Morgan fingerprint density at radius 1 is 1.53 bits per heavy atom. The van der Waals surface area contributed by atoms with E-state index in [1.807, 2.05) is 6.92 Å². The van der Waals surface area contributed by atoms with E-state index in [1.165, 1.54) is 6.92 Å². The van der Waals surface area contributed by atoms with Gasteiger partial charge in [-0.3, -0.25) is 9.59 Å². The molecule has 5 heteroatoms. The molecule has 0 aliphatic carbocycles. The van der Waals surface area contributed by atoms with Gasteiger partial charge in [-0.1, -0.05) is 0 Å². The predicted molar refractivity (Wildman–Crippen MR) is 55.4 cm³/mol. The van der Waals surface area contributed by atoms with Gasteiger partial charge in [0.1, 0.15) is 6.04 Å². The highest BCUT2D eigenvalue weighted by Gasteiger charge is 2.26. The molecule has 1 aliphatic heterocycles. The van der Waals surface area contributed by atoms with Crippen molar-refractivity contribution in [3.63, 3.8) is 0 Å². The summed E-state index contributed by atoms with van der Waals surface area (Å²) in [6, 6.07) is -0.475. The van der Waals surface area contributed by atoms with E-state index in [0.29, 0.717) is 6.04 Å². The van der Waals surface area contributed by atoms with E-state index in [1.54, 1.807) is 0 Å². The fourth-order valence-electron chi connectivity index (χ4n) is 1.76. The Labute approximate surface area is 89.2 Å². The van der Waals surface area contributed by atoms with Crippen molar-refractivity contribution in [2.75, 3.05) is 6.54 Å². The van der Waals surface area contributed by atoms with Crippen LogP contribution in [0.4, 0.5) is 0 Å². The van der Waals surface area contributed by atoms with Gasteiger partial charge in [-0.05, 0) is 33.2 Å². The maximum absolute atomic E-state index is 11.7. The molecule has 1 fully saturated rings. The first-order valence-electron chi connectivity index (χ1n) is 5.27. The summed E-state index contributed by atoms with van der Waals surface area (Å²) < 4.78 is 0. The van der Waals surface area contributed by atoms with Gasteiger partial charge in [-0.15, -0.1) is 0 Å². The number of carbonyl (C=O) groups excluding carboxylic acids is 1. The Balaban J connectivity index is 2.42. The van der Waals surface area contributed by atoms with E-state index in [4.69, 9.17) is 5.11 Å². The van der Waals surface area contributed by atoms with Gasteiger partial charge in [0.25, 0.3) is 0 Å². The van der Waals surface area contributed by atoms with Crippen molar-refractivity contribution in [1.82, 2.24) is 10.6 Å². The van der Waals surface area contributed by atoms with E-state index in [0.717, 1.165) is 19.4 Å². The standard InChI is InChI=1S/C10H18N2O3/c1-6-5-8(3-4-11-6)9(13)12-7(2)10(14)15/h6-8,11H,3-5H2,1-2H3,(H,12,13)(H,14,15). The zero-order valence-corrected chi connectivity index (χ0v) is 9.12. The van der Waals surface area contributed by atoms with Gasteiger partial charge in [-0.2, -0.15) is 0 Å². The van der Waals surface area contributed by atoms with Gasteiger partial charge in [0.05, 0.1) is 0 Å². The lowest BCUT2D eigenvalue weighted by Crippen LogP contribution is -2.46. The van der Waals surface area contributed by atoms with Crippen LogP contribution in [-0.4, -0.2) is 35.6 Å². The second-order valence-electron chi connectivity index (χ2n) is 4.14. The number of nitrogens with one attached hydrogen (secondary N) is 2. The van der Waals surface area contributed by atoms with Crippen molar-refractivity contribution >= 4 is 11.9 Å². The molecule has 0 bridgehead atoms. The molecule has 1 aliphatic rings. The molecule has 0 aromatic heterocycles. The monoisotopic (exact) mass is 214 g/mol. The summed E-state index contributed by atoms with van der Waals surface area (Å²) in [7, 11) is 0. The molecule has 3 N–H and O–H groups in total. The van der Waals surface area contributed by atoms with Crippen molar-refractivity contribution in [1.29, 1.82) is 0 Å². The summed E-state index contributed by atoms with van der Waals surface area (Å²) in [5, 5.41) is 14.4. The first-order chi connectivity index (χ1) is 7.00. The minimum atomic E-state index is -0.995. The van der Waals surface area contributed by atoms with Crippen molar-refractivity contribution < 1.29 is 14.7 Å². The zero-order chi connectivity index (χ0) is 11.4. The Kier molecular flexibility index (Phi) is 4.08. The highest BCUT2D eigenvalue weighted by Crippen LogP contribution is 2.16. The number of aliphatic carboxylic acids is 1. The molecule has 1 saturated heterocycles. The molecule has 3 atom stereocenters. The summed E-state index contributed by atoms with van der Waals surface area (Å²) >= 11 is 0. The molecule has 0 aromatic rings. The smallest absolute Gasteiger partial charge is 0.325 e. The zero-order valence-electron chi connectivity index (χ0n) is 9.12. The van der Waals surface area contributed by atoms with Crippen LogP contribution in [0.2, 0.25) is 0 Å². The molecular weight excluding hydrogens is 196 g/mol. The number of rotatable bonds is 3. The third-order valence-electron chi connectivity index (χ3n) is 2.72. The highest BCUT2D eigenvalue weighted by molar-refractivity contribution is 5.84. The Hall–Kier alpha value is -1.10. The topological polar surface area (TPSA) is 78.4 Å². The minimum Gasteiger partial charge on any atom is -0.480 e. The molecule has 0 spiro atoms. The van der Waals surface area contributed by atoms with Gasteiger partial charge >= 0.3 is 5.97 Å². The van der Waals surface area contributed by atoms with Crippen LogP contribution in [0.1, 0.15) is 26.7 Å². The second-order valence-corrected chi connectivity index (χ2v) is 4.14. The van der Waals surface area contributed by atoms with Crippen molar-refractivity contribution in [3.8, 4) is 0 Å². The van der Waals surface area contributed by atoms with Crippen LogP contribution in [0, 0.1) is 5.92 Å². The van der Waals surface area contributed by atoms with Crippen LogP contribution in [0.3, 0.4) is 0 Å². The number of carboxylic acids is 1. The van der Waals surface area contributed by atoms with Crippen LogP contribution >= 0.6 is 0 Å². The lowest BCUT2D eigenvalue weighted by atomic mass is 9.92. The van der Waals surface area contributed by atoms with Crippen LogP contribution in [0.25, 0.3) is 0 Å². The van der Waals surface area contributed by atoms with Gasteiger partial charge in [0, 0.05) is 12.0 Å². The Bertz CT molecular complexity index is 255. The molecule has 15 heavy (non-hydrogen) atoms. The summed E-state index contributed by atoms with van der Waals surface area (Å²) in [6.07, 6.45) is 1.56. The van der Waals surface area contributed by atoms with E-state index in [-0.39, 0.29) is 11.8 Å². The molecule has 0 radical (unpaired) electrons. The summed E-state index contributed by atoms with van der Waals surface area (Å²) in [4.78, 5) is 22.2. The molecular formula is C10H18N2O3. The average molecular weight is 214 g/mol. The number of amides is 1. The fraction of sp³-hybridized carbons (Fsp3) is 0.800. The Morgan fingerprint density at radius 3 is 2.73 bits per heavy atom. The highest BCUT2D eigenvalue weighted by atomic mass is 16.4. The molecule has 0 aromatic carbocycles. The van der Waals surface area contributed by atoms with Crippen molar-refractivity contribution in [3.05, 3.63) is 0 Å². The molecule has 1 amide bonds. The minimum absolute atomic E-state index is 0.0527. The van der Waals surface area contributed by atoms with E-state index in [9.17, 15) is 9.59 Å². The van der Waals surface area contributed by atoms with Crippen molar-refractivity contribution in [2.45, 2.75) is 38.8 Å². The second kappa shape index (κ2) is 5.11. The van der Waals surface area contributed by atoms with E-state index >= 15 is 0 Å². The van der Waals surface area contributed by atoms with E-state index in [2.05, 4.69) is 10.6 Å². The summed E-state index contributed by atoms with van der Waals surface area (Å²) in [5.74, 6) is -1.19. The molecule has 1 heterocycles. The molecule has 3 unspecified atom stereocenters. The third kappa shape index (κ3) is 3.51. The first kappa shape index (κ1) is 12.0. The fourth-order valence-corrected chi connectivity index (χ4v) is 1.76. The van der Waals surface area contributed by atoms with Gasteiger partial charge in [0.2, 0.25) is 5.91 Å². The quantitative estimate of drug-likeness (QED) is 0.616. The molecule has 86 valence electrons. The third-order valence-corrected chi connectivity index (χ3v) is 2.72. The maximum Gasteiger partial charge on any atom is 0.325 e. The number of carboxylic acid groups (broad SMARTS) is 1. The molecule has 0 saturated carbocycles. The van der Waals surface area contributed by atoms with Gasteiger partial charge in [-0.25, -0.2) is 0 Å². The Morgan fingerprint density at radius 2 is 2.20 bits per heavy atom. The maximum atomic E-state index is 11.7. The lowest BCUT2D eigenvalue weighted by Gasteiger charge is -2.27. The summed E-state index contributed by atoms with van der Waals surface area (Å²) in [6.45, 7) is 4.32. The van der Waals surface area contributed by atoms with E-state index < -0.39 is 12.0 Å². The van der Waals surface area contributed by atoms with Crippen LogP contribution in [0.15, 0.2) is 0 Å². The first-order valence-corrected chi connectivity index (χ1v) is 5.27.